The van der Waals surface area contributed by atoms with Gasteiger partial charge in [-0.3, -0.25) is 4.79 Å². The summed E-state index contributed by atoms with van der Waals surface area (Å²) >= 11 is 2.21. The van der Waals surface area contributed by atoms with Gasteiger partial charge in [0, 0.05) is 39.7 Å². The lowest BCUT2D eigenvalue weighted by Gasteiger charge is -2.30. The zero-order valence-electron chi connectivity index (χ0n) is 8.83. The molecular weight excluding hydrogens is 339 g/mol. The molecule has 6 heteroatoms. The number of rotatable bonds is 2. The van der Waals surface area contributed by atoms with Crippen molar-refractivity contribution in [1.29, 1.82) is 5.26 Å². The van der Waals surface area contributed by atoms with Crippen molar-refractivity contribution in [1.82, 2.24) is 4.31 Å². The minimum Gasteiger partial charge on any atom is -0.469 e. The molecule has 3 rings (SSSR count). The molecule has 0 N–H and O–H groups in total. The highest BCUT2D eigenvalue weighted by molar-refractivity contribution is 14.2. The van der Waals surface area contributed by atoms with E-state index in [1.54, 1.807) is 9.12 Å². The second-order valence-corrected chi connectivity index (χ2v) is 6.91. The molecule has 4 nitrogen and oxygen atoms in total. The van der Waals surface area contributed by atoms with Crippen LogP contribution in [-0.4, -0.2) is 30.5 Å². The largest absolute Gasteiger partial charge is 0.469 e. The van der Waals surface area contributed by atoms with Gasteiger partial charge in [-0.2, -0.15) is 5.26 Å². The van der Waals surface area contributed by atoms with E-state index in [9.17, 15) is 10.1 Å². The summed E-state index contributed by atoms with van der Waals surface area (Å²) in [5.41, 5.74) is -0.698. The number of nitriles is 1. The Balaban J connectivity index is 1.95. The van der Waals surface area contributed by atoms with E-state index in [-0.39, 0.29) is 22.2 Å². The normalized spacial score (nSPS) is 48.6. The van der Waals surface area contributed by atoms with Crippen molar-refractivity contribution in [3.63, 3.8) is 0 Å². The van der Waals surface area contributed by atoms with Crippen molar-refractivity contribution < 1.29 is 9.53 Å². The van der Waals surface area contributed by atoms with Crippen LogP contribution >= 0.6 is 30.3 Å². The Labute approximate surface area is 110 Å². The molecule has 0 radical (unpaired) electrons. The Morgan fingerprint density at radius 1 is 1.56 bits per heavy atom. The lowest BCUT2D eigenvalue weighted by Crippen LogP contribution is -2.41. The molecule has 3 atom stereocenters. The molecule has 3 aliphatic rings. The highest BCUT2D eigenvalue weighted by atomic mass is 127. The van der Waals surface area contributed by atoms with Crippen LogP contribution in [0.1, 0.15) is 12.8 Å². The summed E-state index contributed by atoms with van der Waals surface area (Å²) in [4.78, 5) is 11.9. The third kappa shape index (κ3) is 0.985. The van der Waals surface area contributed by atoms with Crippen LogP contribution in [0.4, 0.5) is 0 Å². The summed E-state index contributed by atoms with van der Waals surface area (Å²) in [6.07, 6.45) is 1.72. The highest BCUT2D eigenvalue weighted by Crippen LogP contribution is 2.89. The maximum atomic E-state index is 11.9. The van der Waals surface area contributed by atoms with E-state index in [1.165, 1.54) is 7.11 Å². The van der Waals surface area contributed by atoms with Crippen molar-refractivity contribution >= 4 is 36.3 Å². The van der Waals surface area contributed by atoms with Crippen LogP contribution in [0.5, 0.6) is 0 Å². The number of piperidine rings is 1. The maximum absolute atomic E-state index is 11.9. The van der Waals surface area contributed by atoms with Gasteiger partial charge in [-0.25, -0.2) is 4.31 Å². The average molecular weight is 350 g/mol. The molecule has 1 spiro atoms. The van der Waals surface area contributed by atoms with Gasteiger partial charge in [-0.1, -0.05) is 0 Å². The van der Waals surface area contributed by atoms with Gasteiger partial charge in [0.2, 0.25) is 0 Å². The van der Waals surface area contributed by atoms with Crippen LogP contribution in [0.25, 0.3) is 0 Å². The highest BCUT2D eigenvalue weighted by Gasteiger charge is 2.92. The van der Waals surface area contributed by atoms with Crippen LogP contribution in [0.3, 0.4) is 0 Å². The summed E-state index contributed by atoms with van der Waals surface area (Å²) in [7, 11) is 3.03. The van der Waals surface area contributed by atoms with Crippen molar-refractivity contribution in [3.05, 3.63) is 0 Å². The monoisotopic (exact) mass is 350 g/mol. The van der Waals surface area contributed by atoms with Gasteiger partial charge in [0.1, 0.15) is 0 Å². The van der Waals surface area contributed by atoms with Crippen molar-refractivity contribution in [2.24, 2.45) is 16.2 Å². The van der Waals surface area contributed by atoms with Crippen molar-refractivity contribution in [3.8, 4) is 6.07 Å². The molecule has 86 valence electrons. The summed E-state index contributed by atoms with van der Waals surface area (Å²) in [5.74, 6) is -0.125. The molecule has 0 aromatic rings. The summed E-state index contributed by atoms with van der Waals surface area (Å²) in [5, 5.41) is 9.33. The van der Waals surface area contributed by atoms with Gasteiger partial charge in [-0.15, -0.1) is 0 Å². The van der Waals surface area contributed by atoms with E-state index in [1.807, 2.05) is 0 Å². The Morgan fingerprint density at radius 3 is 2.88 bits per heavy atom. The van der Waals surface area contributed by atoms with Gasteiger partial charge in [0.15, 0.2) is 0 Å². The molecule has 0 aromatic carbocycles. The molecule has 3 unspecified atom stereocenters. The Hall–Kier alpha value is -0.0000000000000000555. The fraction of sp³-hybridized carbons (Fsp3) is 0.800. The summed E-state index contributed by atoms with van der Waals surface area (Å²) < 4.78 is 7.05. The zero-order valence-corrected chi connectivity index (χ0v) is 11.8. The molecular formula is C10H11IN2O2S. The molecule has 1 heterocycles. The van der Waals surface area contributed by atoms with Gasteiger partial charge in [0.25, 0.3) is 0 Å². The number of ether oxygens (including phenoxy) is 1. The molecule has 0 bridgehead atoms. The third-order valence-corrected chi connectivity index (χ3v) is 6.69. The maximum Gasteiger partial charge on any atom is 0.313 e. The van der Waals surface area contributed by atoms with E-state index in [4.69, 9.17) is 4.74 Å². The number of carbonyl (C=O) groups excluding carboxylic acids is 1. The first-order valence-corrected chi connectivity index (χ1v) is 8.45. The van der Waals surface area contributed by atoms with Crippen LogP contribution in [0, 0.1) is 27.6 Å². The lowest BCUT2D eigenvalue weighted by atomic mass is 9.91. The second-order valence-electron chi connectivity index (χ2n) is 5.07. The Bertz CT molecular complexity index is 426. The molecule has 0 aromatic heterocycles. The molecule has 2 aliphatic carbocycles. The fourth-order valence-corrected chi connectivity index (χ4v) is 5.01. The average Bonchev–Trinajstić information content (AvgIpc) is 3.14. The first-order chi connectivity index (χ1) is 7.60. The van der Waals surface area contributed by atoms with Crippen LogP contribution in [0.2, 0.25) is 0 Å². The number of methoxy groups -OCH3 is 1. The third-order valence-electron chi connectivity index (χ3n) is 4.57. The Kier molecular flexibility index (Phi) is 2.12. The summed E-state index contributed by atoms with van der Waals surface area (Å²) in [6.45, 7) is 1.52. The second kappa shape index (κ2) is 3.06. The van der Waals surface area contributed by atoms with Crippen LogP contribution in [0.15, 0.2) is 0 Å². The van der Waals surface area contributed by atoms with Gasteiger partial charge < -0.3 is 4.74 Å². The molecule has 0 amide bonds. The van der Waals surface area contributed by atoms with Gasteiger partial charge in [-0.05, 0) is 22.0 Å². The topological polar surface area (TPSA) is 53.3 Å². The number of hydrogen-bond acceptors (Lipinski definition) is 5. The van der Waals surface area contributed by atoms with Gasteiger partial charge >= 0.3 is 5.97 Å². The van der Waals surface area contributed by atoms with E-state index >= 15 is 0 Å². The lowest BCUT2D eigenvalue weighted by molar-refractivity contribution is -0.149. The quantitative estimate of drug-likeness (QED) is 0.432. The van der Waals surface area contributed by atoms with E-state index < -0.39 is 0 Å². The standard InChI is InChI=1S/C10H11IN2O2S/c1-15-7(14)9-3-10(9)2-8(10,4-12)5-13(6-9)16-11/h2-3,5-6H2,1H3. The number of halogens is 1. The number of esters is 1. The summed E-state index contributed by atoms with van der Waals surface area (Å²) in [6, 6.07) is 2.44. The van der Waals surface area contributed by atoms with Crippen LogP contribution < -0.4 is 0 Å². The molecule has 16 heavy (non-hydrogen) atoms. The number of nitrogens with zero attached hydrogens (tertiary/aromatic N) is 2. The zero-order chi connectivity index (χ0) is 11.6. The molecule has 2 saturated carbocycles. The predicted molar refractivity (Wildman–Crippen MR) is 67.3 cm³/mol. The molecule has 1 saturated heterocycles. The molecule has 3 fully saturated rings. The first kappa shape index (κ1) is 11.1. The minimum atomic E-state index is -0.381. The van der Waals surface area contributed by atoms with E-state index in [0.29, 0.717) is 0 Å². The fourth-order valence-electron chi connectivity index (χ4n) is 3.63. The smallest absolute Gasteiger partial charge is 0.313 e. The van der Waals surface area contributed by atoms with Crippen molar-refractivity contribution in [2.75, 3.05) is 20.2 Å². The van der Waals surface area contributed by atoms with Crippen molar-refractivity contribution in [2.45, 2.75) is 12.8 Å². The minimum absolute atomic E-state index is 0.0370. The van der Waals surface area contributed by atoms with E-state index in [0.717, 1.165) is 25.9 Å². The SMILES string of the molecule is COC(=O)C12CN(SI)CC3(C#N)CC31C2. The first-order valence-electron chi connectivity index (χ1n) is 5.13. The Morgan fingerprint density at radius 2 is 2.31 bits per heavy atom. The predicted octanol–water partition coefficient (Wildman–Crippen LogP) is 1.76. The van der Waals surface area contributed by atoms with E-state index in [2.05, 4.69) is 31.6 Å². The number of carbonyl (C=O) groups is 1. The van der Waals surface area contributed by atoms with Gasteiger partial charge in [0.05, 0.1) is 24.0 Å². The van der Waals surface area contributed by atoms with Crippen LogP contribution in [-0.2, 0) is 9.53 Å². The molecule has 1 aliphatic heterocycles. The number of hydrogen-bond donors (Lipinski definition) is 0.